The van der Waals surface area contributed by atoms with Gasteiger partial charge in [-0.25, -0.2) is 0 Å². The number of aliphatic hydroxyl groups excluding tert-OH is 1. The van der Waals surface area contributed by atoms with E-state index in [1.165, 1.54) is 49.9 Å². The summed E-state index contributed by atoms with van der Waals surface area (Å²) < 4.78 is 0. The monoisotopic (exact) mass is 272 g/mol. The number of nitrogens with one attached hydrogen (secondary N) is 1. The highest BCUT2D eigenvalue weighted by molar-refractivity contribution is 5.36. The number of piperidine rings is 1. The fraction of sp³-hybridized carbons (Fsp3) is 0.647. The van der Waals surface area contributed by atoms with Gasteiger partial charge in [0, 0.05) is 18.5 Å². The molecule has 4 rings (SSSR count). The van der Waals surface area contributed by atoms with Gasteiger partial charge in [0.1, 0.15) is 0 Å². The van der Waals surface area contributed by atoms with Crippen molar-refractivity contribution >= 4 is 0 Å². The molecule has 4 atom stereocenters. The Labute approximate surface area is 121 Å². The van der Waals surface area contributed by atoms with Gasteiger partial charge >= 0.3 is 0 Å². The van der Waals surface area contributed by atoms with E-state index in [4.69, 9.17) is 0 Å². The molecule has 3 aliphatic rings. The van der Waals surface area contributed by atoms with Gasteiger partial charge in [-0.3, -0.25) is 0 Å². The third kappa shape index (κ3) is 2.18. The van der Waals surface area contributed by atoms with Crippen LogP contribution < -0.4 is 5.32 Å². The lowest BCUT2D eigenvalue weighted by molar-refractivity contribution is 0.111. The summed E-state index contributed by atoms with van der Waals surface area (Å²) in [6.45, 7) is 2.53. The maximum atomic E-state index is 10.4. The van der Waals surface area contributed by atoms with E-state index in [-0.39, 0.29) is 12.1 Å². The van der Waals surface area contributed by atoms with Gasteiger partial charge in [-0.15, -0.1) is 0 Å². The Bertz CT molecular complexity index is 490. The first-order valence-corrected chi connectivity index (χ1v) is 8.07. The predicted octanol–water partition coefficient (Wildman–Crippen LogP) is 1.86. The second kappa shape index (κ2) is 5.14. The lowest BCUT2D eigenvalue weighted by Crippen LogP contribution is -2.47. The molecule has 0 amide bonds. The topological polar surface area (TPSA) is 35.5 Å². The molecule has 4 unspecified atom stereocenters. The van der Waals surface area contributed by atoms with Gasteiger partial charge in [-0.1, -0.05) is 24.3 Å². The van der Waals surface area contributed by atoms with Crippen molar-refractivity contribution in [3.8, 4) is 0 Å². The minimum atomic E-state index is -0.256. The molecular formula is C17H24N2O. The number of rotatable bonds is 2. The molecule has 3 nitrogen and oxygen atoms in total. The SMILES string of the molecule is OC1Cc2ccccc2C1NC1CCN2CCCC2C1. The molecule has 1 aromatic carbocycles. The van der Waals surface area contributed by atoms with Crippen LogP contribution in [0.2, 0.25) is 0 Å². The Balaban J connectivity index is 1.46. The van der Waals surface area contributed by atoms with Gasteiger partial charge in [0.2, 0.25) is 0 Å². The average Bonchev–Trinajstić information content (AvgIpc) is 3.04. The first kappa shape index (κ1) is 12.8. The molecule has 2 fully saturated rings. The summed E-state index contributed by atoms with van der Waals surface area (Å²) in [4.78, 5) is 2.65. The van der Waals surface area contributed by atoms with Gasteiger partial charge in [0.25, 0.3) is 0 Å². The Morgan fingerprint density at radius 3 is 3.00 bits per heavy atom. The molecular weight excluding hydrogens is 248 g/mol. The summed E-state index contributed by atoms with van der Waals surface area (Å²) in [5.41, 5.74) is 2.63. The zero-order valence-electron chi connectivity index (χ0n) is 12.0. The molecule has 1 aromatic rings. The van der Waals surface area contributed by atoms with Gasteiger partial charge in [0.15, 0.2) is 0 Å². The van der Waals surface area contributed by atoms with Crippen LogP contribution in [0.1, 0.15) is 42.9 Å². The normalized spacial score (nSPS) is 36.9. The summed E-state index contributed by atoms with van der Waals surface area (Å²) in [7, 11) is 0. The largest absolute Gasteiger partial charge is 0.391 e. The highest BCUT2D eigenvalue weighted by atomic mass is 16.3. The Kier molecular flexibility index (Phi) is 3.29. The molecule has 2 saturated heterocycles. The number of nitrogens with zero attached hydrogens (tertiary/aromatic N) is 1. The van der Waals surface area contributed by atoms with Crippen LogP contribution in [-0.2, 0) is 6.42 Å². The minimum absolute atomic E-state index is 0.143. The van der Waals surface area contributed by atoms with E-state index in [1.807, 2.05) is 0 Å². The van der Waals surface area contributed by atoms with Crippen molar-refractivity contribution < 1.29 is 5.11 Å². The van der Waals surface area contributed by atoms with Crippen molar-refractivity contribution in [1.82, 2.24) is 10.2 Å². The van der Waals surface area contributed by atoms with Crippen LogP contribution >= 0.6 is 0 Å². The van der Waals surface area contributed by atoms with Gasteiger partial charge in [0.05, 0.1) is 12.1 Å². The molecule has 0 spiro atoms. The molecule has 1 aliphatic carbocycles. The number of aliphatic hydroxyl groups is 1. The lowest BCUT2D eigenvalue weighted by Gasteiger charge is -2.37. The van der Waals surface area contributed by atoms with E-state index in [0.29, 0.717) is 6.04 Å². The summed E-state index contributed by atoms with van der Waals surface area (Å²) in [5, 5.41) is 14.1. The van der Waals surface area contributed by atoms with Crippen LogP contribution in [0, 0.1) is 0 Å². The third-order valence-corrected chi connectivity index (χ3v) is 5.44. The first-order valence-electron chi connectivity index (χ1n) is 8.07. The Hall–Kier alpha value is -0.900. The van der Waals surface area contributed by atoms with E-state index in [1.54, 1.807) is 0 Å². The van der Waals surface area contributed by atoms with E-state index in [9.17, 15) is 5.11 Å². The van der Waals surface area contributed by atoms with Crippen molar-refractivity contribution in [2.75, 3.05) is 13.1 Å². The van der Waals surface area contributed by atoms with E-state index in [2.05, 4.69) is 34.5 Å². The Morgan fingerprint density at radius 1 is 1.15 bits per heavy atom. The zero-order valence-corrected chi connectivity index (χ0v) is 12.0. The number of hydrogen-bond donors (Lipinski definition) is 2. The lowest BCUT2D eigenvalue weighted by atomic mass is 9.95. The van der Waals surface area contributed by atoms with Crippen LogP contribution in [0.15, 0.2) is 24.3 Å². The maximum Gasteiger partial charge on any atom is 0.0775 e. The number of hydrogen-bond acceptors (Lipinski definition) is 3. The Morgan fingerprint density at radius 2 is 2.05 bits per heavy atom. The van der Waals surface area contributed by atoms with Gasteiger partial charge in [-0.05, 0) is 49.9 Å². The van der Waals surface area contributed by atoms with Crippen molar-refractivity contribution in [2.45, 2.75) is 56.3 Å². The van der Waals surface area contributed by atoms with Crippen LogP contribution in [0.3, 0.4) is 0 Å². The molecule has 2 heterocycles. The standard InChI is InChI=1S/C17H24N2O/c20-16-10-12-4-1-2-6-15(12)17(16)18-13-7-9-19-8-3-5-14(19)11-13/h1-2,4,6,13-14,16-18,20H,3,5,7-11H2. The molecule has 0 aromatic heterocycles. The molecule has 0 saturated carbocycles. The highest BCUT2D eigenvalue weighted by Gasteiger charge is 2.36. The number of benzene rings is 1. The fourth-order valence-electron chi connectivity index (χ4n) is 4.40. The summed E-state index contributed by atoms with van der Waals surface area (Å²) in [5.74, 6) is 0. The van der Waals surface area contributed by atoms with E-state index in [0.717, 1.165) is 12.5 Å². The third-order valence-electron chi connectivity index (χ3n) is 5.44. The van der Waals surface area contributed by atoms with Crippen molar-refractivity contribution in [1.29, 1.82) is 0 Å². The second-order valence-electron chi connectivity index (χ2n) is 6.67. The van der Waals surface area contributed by atoms with Crippen LogP contribution in [0.4, 0.5) is 0 Å². The van der Waals surface area contributed by atoms with Gasteiger partial charge < -0.3 is 15.3 Å². The van der Waals surface area contributed by atoms with Crippen LogP contribution in [-0.4, -0.2) is 41.3 Å². The molecule has 108 valence electrons. The minimum Gasteiger partial charge on any atom is -0.391 e. The molecule has 2 aliphatic heterocycles. The first-order chi connectivity index (χ1) is 9.81. The van der Waals surface area contributed by atoms with Crippen molar-refractivity contribution in [3.63, 3.8) is 0 Å². The van der Waals surface area contributed by atoms with E-state index >= 15 is 0 Å². The van der Waals surface area contributed by atoms with Crippen molar-refractivity contribution in [3.05, 3.63) is 35.4 Å². The molecule has 0 bridgehead atoms. The average molecular weight is 272 g/mol. The maximum absolute atomic E-state index is 10.4. The van der Waals surface area contributed by atoms with Crippen molar-refractivity contribution in [2.24, 2.45) is 0 Å². The summed E-state index contributed by atoms with van der Waals surface area (Å²) in [6, 6.07) is 9.99. The molecule has 3 heteroatoms. The van der Waals surface area contributed by atoms with Gasteiger partial charge in [-0.2, -0.15) is 0 Å². The molecule has 0 radical (unpaired) electrons. The highest BCUT2D eigenvalue weighted by Crippen LogP contribution is 2.34. The summed E-state index contributed by atoms with van der Waals surface area (Å²) >= 11 is 0. The predicted molar refractivity (Wildman–Crippen MR) is 79.6 cm³/mol. The zero-order chi connectivity index (χ0) is 13.5. The number of fused-ring (bicyclic) bond motifs is 2. The quantitative estimate of drug-likeness (QED) is 0.862. The molecule has 20 heavy (non-hydrogen) atoms. The summed E-state index contributed by atoms with van der Waals surface area (Å²) in [6.07, 6.45) is 5.76. The smallest absolute Gasteiger partial charge is 0.0775 e. The van der Waals surface area contributed by atoms with E-state index < -0.39 is 0 Å². The van der Waals surface area contributed by atoms with Crippen LogP contribution in [0.5, 0.6) is 0 Å². The van der Waals surface area contributed by atoms with Crippen LogP contribution in [0.25, 0.3) is 0 Å². The molecule has 2 N–H and O–H groups in total. The second-order valence-corrected chi connectivity index (χ2v) is 6.67. The fourth-order valence-corrected chi connectivity index (χ4v) is 4.40.